The molecule has 1 saturated heterocycles. The van der Waals surface area contributed by atoms with Crippen LogP contribution in [0.2, 0.25) is 0 Å². The van der Waals surface area contributed by atoms with Gasteiger partial charge >= 0.3 is 5.97 Å². The fraction of sp³-hybridized carbons (Fsp3) is 0.875. The maximum atomic E-state index is 10.3. The largest absolute Gasteiger partial charge is 0.479 e. The number of aliphatic carboxylic acids is 1. The molecule has 0 bridgehead atoms. The first-order chi connectivity index (χ1) is 5.70. The Hall–Kier alpha value is -0.610. The van der Waals surface area contributed by atoms with E-state index in [9.17, 15) is 4.79 Å². The van der Waals surface area contributed by atoms with Crippen LogP contribution >= 0.6 is 0 Å². The molecule has 1 N–H and O–H groups in total. The van der Waals surface area contributed by atoms with Crippen LogP contribution in [-0.4, -0.2) is 37.0 Å². The first-order valence-corrected chi connectivity index (χ1v) is 4.12. The van der Waals surface area contributed by atoms with E-state index in [4.69, 9.17) is 14.6 Å². The summed E-state index contributed by atoms with van der Waals surface area (Å²) in [5.41, 5.74) is 0. The monoisotopic (exact) mass is 174 g/mol. The maximum absolute atomic E-state index is 10.3. The van der Waals surface area contributed by atoms with Gasteiger partial charge in [-0.05, 0) is 13.3 Å². The lowest BCUT2D eigenvalue weighted by Crippen LogP contribution is -2.23. The van der Waals surface area contributed by atoms with E-state index < -0.39 is 12.1 Å². The van der Waals surface area contributed by atoms with Gasteiger partial charge in [0, 0.05) is 12.5 Å². The van der Waals surface area contributed by atoms with Gasteiger partial charge in [0.2, 0.25) is 0 Å². The molecule has 1 unspecified atom stereocenters. The normalized spacial score (nSPS) is 25.6. The van der Waals surface area contributed by atoms with Crippen molar-refractivity contribution in [2.24, 2.45) is 5.92 Å². The van der Waals surface area contributed by atoms with Crippen molar-refractivity contribution in [2.45, 2.75) is 19.4 Å². The zero-order valence-corrected chi connectivity index (χ0v) is 7.16. The SMILES string of the molecule is CC(OC[C@@H]1CCOC1)C(=O)O. The van der Waals surface area contributed by atoms with Gasteiger partial charge in [-0.1, -0.05) is 0 Å². The highest BCUT2D eigenvalue weighted by molar-refractivity contribution is 5.71. The van der Waals surface area contributed by atoms with Gasteiger partial charge in [-0.2, -0.15) is 0 Å². The molecule has 0 saturated carbocycles. The smallest absolute Gasteiger partial charge is 0.332 e. The van der Waals surface area contributed by atoms with Gasteiger partial charge in [-0.3, -0.25) is 0 Å². The predicted octanol–water partition coefficient (Wildman–Crippen LogP) is 0.513. The highest BCUT2D eigenvalue weighted by Gasteiger charge is 2.18. The Kier molecular flexibility index (Phi) is 3.49. The van der Waals surface area contributed by atoms with E-state index in [2.05, 4.69) is 0 Å². The summed E-state index contributed by atoms with van der Waals surface area (Å²) in [7, 11) is 0. The van der Waals surface area contributed by atoms with Crippen molar-refractivity contribution in [3.63, 3.8) is 0 Å². The third kappa shape index (κ3) is 2.79. The summed E-state index contributed by atoms with van der Waals surface area (Å²) in [6.45, 7) is 3.51. The Morgan fingerprint density at radius 3 is 3.08 bits per heavy atom. The van der Waals surface area contributed by atoms with Crippen LogP contribution in [0.1, 0.15) is 13.3 Å². The first kappa shape index (κ1) is 9.48. The van der Waals surface area contributed by atoms with Crippen LogP contribution in [0.3, 0.4) is 0 Å². The van der Waals surface area contributed by atoms with Crippen molar-refractivity contribution < 1.29 is 19.4 Å². The van der Waals surface area contributed by atoms with Crippen molar-refractivity contribution in [3.8, 4) is 0 Å². The molecule has 0 spiro atoms. The summed E-state index contributed by atoms with van der Waals surface area (Å²) in [6, 6.07) is 0. The van der Waals surface area contributed by atoms with Crippen molar-refractivity contribution in [3.05, 3.63) is 0 Å². The van der Waals surface area contributed by atoms with Gasteiger partial charge < -0.3 is 14.6 Å². The van der Waals surface area contributed by atoms with Gasteiger partial charge in [-0.25, -0.2) is 4.79 Å². The number of rotatable bonds is 4. The molecule has 4 heteroatoms. The number of carbonyl (C=O) groups is 1. The molecular weight excluding hydrogens is 160 g/mol. The molecule has 0 aromatic rings. The topological polar surface area (TPSA) is 55.8 Å². The standard InChI is InChI=1S/C8H14O4/c1-6(8(9)10)12-5-7-2-3-11-4-7/h6-7H,2-5H2,1H3,(H,9,10)/t6?,7-/m1/s1. The number of ether oxygens (including phenoxy) is 2. The van der Waals surface area contributed by atoms with Crippen LogP contribution in [0.4, 0.5) is 0 Å². The summed E-state index contributed by atoms with van der Waals surface area (Å²) < 4.78 is 10.2. The number of hydrogen-bond donors (Lipinski definition) is 1. The second-order valence-electron chi connectivity index (χ2n) is 3.04. The van der Waals surface area contributed by atoms with Crippen LogP contribution in [0.25, 0.3) is 0 Å². The van der Waals surface area contributed by atoms with Crippen molar-refractivity contribution in [2.75, 3.05) is 19.8 Å². The molecule has 70 valence electrons. The lowest BCUT2D eigenvalue weighted by Gasteiger charge is -2.11. The summed E-state index contributed by atoms with van der Waals surface area (Å²) >= 11 is 0. The molecule has 1 aliphatic rings. The van der Waals surface area contributed by atoms with Gasteiger partial charge in [0.05, 0.1) is 13.2 Å². The molecule has 4 nitrogen and oxygen atoms in total. The Morgan fingerprint density at radius 2 is 2.58 bits per heavy atom. The second-order valence-corrected chi connectivity index (χ2v) is 3.04. The summed E-state index contributed by atoms with van der Waals surface area (Å²) in [4.78, 5) is 10.3. The van der Waals surface area contributed by atoms with E-state index >= 15 is 0 Å². The van der Waals surface area contributed by atoms with E-state index in [1.165, 1.54) is 6.92 Å². The van der Waals surface area contributed by atoms with Crippen molar-refractivity contribution in [1.29, 1.82) is 0 Å². The minimum Gasteiger partial charge on any atom is -0.479 e. The molecule has 0 amide bonds. The molecule has 0 aromatic carbocycles. The lowest BCUT2D eigenvalue weighted by molar-refractivity contribution is -0.149. The average molecular weight is 174 g/mol. The minimum absolute atomic E-state index is 0.381. The van der Waals surface area contributed by atoms with Crippen LogP contribution in [0.15, 0.2) is 0 Å². The number of hydrogen-bond acceptors (Lipinski definition) is 3. The van der Waals surface area contributed by atoms with Crippen LogP contribution < -0.4 is 0 Å². The summed E-state index contributed by atoms with van der Waals surface area (Å²) in [5.74, 6) is -0.527. The van der Waals surface area contributed by atoms with Gasteiger partial charge in [0.25, 0.3) is 0 Å². The van der Waals surface area contributed by atoms with E-state index in [-0.39, 0.29) is 0 Å². The van der Waals surface area contributed by atoms with Crippen LogP contribution in [0, 0.1) is 5.92 Å². The summed E-state index contributed by atoms with van der Waals surface area (Å²) in [5, 5.41) is 8.50. The molecule has 0 aliphatic carbocycles. The molecule has 1 fully saturated rings. The molecule has 1 aliphatic heterocycles. The Balaban J connectivity index is 2.11. The molecule has 1 rings (SSSR count). The van der Waals surface area contributed by atoms with Crippen LogP contribution in [0.5, 0.6) is 0 Å². The second kappa shape index (κ2) is 4.42. The van der Waals surface area contributed by atoms with E-state index in [1.54, 1.807) is 0 Å². The Morgan fingerprint density at radius 1 is 1.83 bits per heavy atom. The molecule has 0 aromatic heterocycles. The molecule has 12 heavy (non-hydrogen) atoms. The summed E-state index contributed by atoms with van der Waals surface area (Å²) in [6.07, 6.45) is 0.275. The van der Waals surface area contributed by atoms with E-state index in [0.29, 0.717) is 19.1 Å². The molecule has 1 heterocycles. The third-order valence-corrected chi connectivity index (χ3v) is 1.95. The highest BCUT2D eigenvalue weighted by atomic mass is 16.5. The number of carboxylic acid groups (broad SMARTS) is 1. The highest BCUT2D eigenvalue weighted by Crippen LogP contribution is 2.12. The Labute approximate surface area is 71.5 Å². The van der Waals surface area contributed by atoms with E-state index in [0.717, 1.165) is 13.0 Å². The van der Waals surface area contributed by atoms with Crippen molar-refractivity contribution in [1.82, 2.24) is 0 Å². The molecule has 0 radical (unpaired) electrons. The van der Waals surface area contributed by atoms with Crippen LogP contribution in [-0.2, 0) is 14.3 Å². The quantitative estimate of drug-likeness (QED) is 0.674. The maximum Gasteiger partial charge on any atom is 0.332 e. The average Bonchev–Trinajstić information content (AvgIpc) is 2.51. The fourth-order valence-electron chi connectivity index (χ4n) is 1.07. The van der Waals surface area contributed by atoms with E-state index in [1.807, 2.05) is 0 Å². The van der Waals surface area contributed by atoms with Crippen molar-refractivity contribution >= 4 is 5.97 Å². The third-order valence-electron chi connectivity index (χ3n) is 1.95. The minimum atomic E-state index is -0.908. The molecular formula is C8H14O4. The molecule has 2 atom stereocenters. The van der Waals surface area contributed by atoms with Gasteiger partial charge in [-0.15, -0.1) is 0 Å². The van der Waals surface area contributed by atoms with Gasteiger partial charge in [0.1, 0.15) is 0 Å². The lowest BCUT2D eigenvalue weighted by atomic mass is 10.1. The zero-order chi connectivity index (χ0) is 8.97. The number of carboxylic acids is 1. The Bertz CT molecular complexity index is 151. The van der Waals surface area contributed by atoms with Gasteiger partial charge in [0.15, 0.2) is 6.10 Å². The fourth-order valence-corrected chi connectivity index (χ4v) is 1.07. The first-order valence-electron chi connectivity index (χ1n) is 4.12. The predicted molar refractivity (Wildman–Crippen MR) is 42.0 cm³/mol. The zero-order valence-electron chi connectivity index (χ0n) is 7.16.